The molecule has 1 saturated carbocycles. The molecular weight excluding hydrogens is 468 g/mol. The summed E-state index contributed by atoms with van der Waals surface area (Å²) in [5.41, 5.74) is 10.7. The number of anilines is 2. The third-order valence-corrected chi connectivity index (χ3v) is 7.65. The van der Waals surface area contributed by atoms with E-state index in [4.69, 9.17) is 15.2 Å². The van der Waals surface area contributed by atoms with Crippen molar-refractivity contribution in [3.63, 3.8) is 0 Å². The molecule has 2 bridgehead atoms. The van der Waals surface area contributed by atoms with E-state index < -0.39 is 5.97 Å². The van der Waals surface area contributed by atoms with Crippen LogP contribution in [0.2, 0.25) is 0 Å². The van der Waals surface area contributed by atoms with Crippen molar-refractivity contribution in [2.45, 2.75) is 38.1 Å². The van der Waals surface area contributed by atoms with Crippen molar-refractivity contribution >= 4 is 17.3 Å². The Labute approximate surface area is 218 Å². The number of benzene rings is 1. The first-order valence-electron chi connectivity index (χ1n) is 12.9. The Morgan fingerprint density at radius 3 is 2.78 bits per heavy atom. The van der Waals surface area contributed by atoms with E-state index in [2.05, 4.69) is 26.4 Å². The number of aryl methyl sites for hydroxylation is 2. The second kappa shape index (κ2) is 10.4. The maximum absolute atomic E-state index is 12.1. The fourth-order valence-corrected chi connectivity index (χ4v) is 5.75. The number of aromatic nitrogens is 3. The largest absolute Gasteiger partial charge is 0.476 e. The normalized spacial score (nSPS) is 21.4. The van der Waals surface area contributed by atoms with Crippen molar-refractivity contribution < 1.29 is 14.3 Å². The Balaban J connectivity index is 1.28. The molecule has 0 unspecified atom stereocenters. The van der Waals surface area contributed by atoms with Gasteiger partial charge in [0.25, 0.3) is 0 Å². The Kier molecular flexibility index (Phi) is 7.06. The second-order valence-corrected chi connectivity index (χ2v) is 10.4. The van der Waals surface area contributed by atoms with Crippen molar-refractivity contribution in [2.24, 2.45) is 13.0 Å². The average Bonchev–Trinajstić information content (AvgIpc) is 3.06. The highest BCUT2D eigenvalue weighted by atomic mass is 16.5. The highest BCUT2D eigenvalue weighted by Crippen LogP contribution is 2.40. The fraction of sp³-hybridized carbons (Fsp3) is 0.464. The van der Waals surface area contributed by atoms with Gasteiger partial charge in [0.1, 0.15) is 6.61 Å². The van der Waals surface area contributed by atoms with Gasteiger partial charge in [-0.25, -0.2) is 9.48 Å². The van der Waals surface area contributed by atoms with Crippen LogP contribution in [0.4, 0.5) is 11.4 Å². The molecule has 2 aromatic heterocycles. The minimum atomic E-state index is -0.395. The van der Waals surface area contributed by atoms with E-state index >= 15 is 0 Å². The molecule has 2 aliphatic heterocycles. The van der Waals surface area contributed by atoms with Crippen LogP contribution < -0.4 is 15.8 Å². The smallest absolute Gasteiger partial charge is 0.337 e. The molecule has 1 aliphatic carbocycles. The standard InChI is InChI=1S/C28H36N6O3/c1-19-14-21(27(35)36-3)15-25(31-19)22-16-30-33(2)26(22)37-13-12-34-17-20-8-10-28(18-34,11-9-20)32-24-7-5-4-6-23(24)29/h4-7,14-16,20,32H,8-13,17-18,29H2,1-3H3. The summed E-state index contributed by atoms with van der Waals surface area (Å²) in [7, 11) is 3.23. The lowest BCUT2D eigenvalue weighted by atomic mass is 9.78. The highest BCUT2D eigenvalue weighted by Gasteiger charge is 2.41. The number of pyridine rings is 1. The minimum absolute atomic E-state index is 0.0237. The number of para-hydroxylation sites is 2. The van der Waals surface area contributed by atoms with Crippen molar-refractivity contribution in [1.82, 2.24) is 19.7 Å². The average molecular weight is 505 g/mol. The van der Waals surface area contributed by atoms with Crippen LogP contribution in [0.3, 0.4) is 0 Å². The zero-order valence-corrected chi connectivity index (χ0v) is 21.9. The van der Waals surface area contributed by atoms with E-state index in [1.807, 2.05) is 32.2 Å². The number of nitrogen functional groups attached to an aromatic ring is 1. The Morgan fingerprint density at radius 2 is 2.03 bits per heavy atom. The molecule has 9 heteroatoms. The molecule has 1 aromatic carbocycles. The fourth-order valence-electron chi connectivity index (χ4n) is 5.75. The monoisotopic (exact) mass is 504 g/mol. The van der Waals surface area contributed by atoms with Gasteiger partial charge in [-0.3, -0.25) is 9.88 Å². The summed E-state index contributed by atoms with van der Waals surface area (Å²) in [6.45, 7) is 5.23. The van der Waals surface area contributed by atoms with Gasteiger partial charge < -0.3 is 20.5 Å². The molecule has 3 aliphatic rings. The first-order chi connectivity index (χ1) is 17.9. The molecule has 196 valence electrons. The molecule has 0 radical (unpaired) electrons. The lowest BCUT2D eigenvalue weighted by molar-refractivity contribution is 0.0600. The lowest BCUT2D eigenvalue weighted by Crippen LogP contribution is -2.48. The van der Waals surface area contributed by atoms with Gasteiger partial charge in [-0.1, -0.05) is 12.1 Å². The number of nitrogens with zero attached hydrogens (tertiary/aromatic N) is 4. The summed E-state index contributed by atoms with van der Waals surface area (Å²) < 4.78 is 12.9. The molecule has 3 aromatic rings. The van der Waals surface area contributed by atoms with Crippen LogP contribution >= 0.6 is 0 Å². The third kappa shape index (κ3) is 5.41. The molecule has 0 amide bonds. The van der Waals surface area contributed by atoms with Crippen LogP contribution in [0.25, 0.3) is 11.3 Å². The minimum Gasteiger partial charge on any atom is -0.476 e. The number of carbonyl (C=O) groups excluding carboxylic acids is 1. The molecular formula is C28H36N6O3. The number of carbonyl (C=O) groups is 1. The lowest BCUT2D eigenvalue weighted by Gasteiger charge is -2.39. The van der Waals surface area contributed by atoms with Crippen LogP contribution in [0.1, 0.15) is 41.7 Å². The Bertz CT molecular complexity index is 1260. The number of hydrogen-bond donors (Lipinski definition) is 2. The SMILES string of the molecule is COC(=O)c1cc(C)nc(-c2cnn(C)c2OCCN2CC3CCC(Nc4ccccc4N)(CC3)C2)c1. The summed E-state index contributed by atoms with van der Waals surface area (Å²) >= 11 is 0. The first kappa shape index (κ1) is 25.1. The summed E-state index contributed by atoms with van der Waals surface area (Å²) in [5, 5.41) is 8.22. The molecule has 4 heterocycles. The molecule has 37 heavy (non-hydrogen) atoms. The van der Waals surface area contributed by atoms with Gasteiger partial charge in [0.05, 0.1) is 47.0 Å². The van der Waals surface area contributed by atoms with Gasteiger partial charge in [-0.15, -0.1) is 0 Å². The number of methoxy groups -OCH3 is 1. The maximum atomic E-state index is 12.1. The van der Waals surface area contributed by atoms with E-state index in [-0.39, 0.29) is 5.54 Å². The van der Waals surface area contributed by atoms with Crippen molar-refractivity contribution in [1.29, 1.82) is 0 Å². The van der Waals surface area contributed by atoms with Crippen LogP contribution in [0.15, 0.2) is 42.6 Å². The highest BCUT2D eigenvalue weighted by molar-refractivity contribution is 5.90. The predicted molar refractivity (Wildman–Crippen MR) is 144 cm³/mol. The zero-order chi connectivity index (χ0) is 26.0. The summed E-state index contributed by atoms with van der Waals surface area (Å²) in [5.74, 6) is 0.955. The Hall–Kier alpha value is -3.59. The third-order valence-electron chi connectivity index (χ3n) is 7.65. The van der Waals surface area contributed by atoms with Crippen LogP contribution in [0, 0.1) is 12.8 Å². The summed E-state index contributed by atoms with van der Waals surface area (Å²) in [6, 6.07) is 11.5. The number of nitrogens with one attached hydrogen (secondary N) is 1. The van der Waals surface area contributed by atoms with E-state index in [1.54, 1.807) is 23.0 Å². The van der Waals surface area contributed by atoms with E-state index in [0.717, 1.165) is 55.1 Å². The van der Waals surface area contributed by atoms with Gasteiger partial charge in [0.15, 0.2) is 0 Å². The molecule has 6 rings (SSSR count). The first-order valence-corrected chi connectivity index (χ1v) is 12.9. The number of esters is 1. The maximum Gasteiger partial charge on any atom is 0.337 e. The Morgan fingerprint density at radius 1 is 1.24 bits per heavy atom. The molecule has 3 fully saturated rings. The van der Waals surface area contributed by atoms with Crippen molar-refractivity contribution in [3.05, 3.63) is 53.9 Å². The van der Waals surface area contributed by atoms with Crippen LogP contribution in [-0.4, -0.2) is 64.5 Å². The molecule has 0 spiro atoms. The van der Waals surface area contributed by atoms with Gasteiger partial charge in [-0.2, -0.15) is 5.10 Å². The quantitative estimate of drug-likeness (QED) is 0.351. The number of rotatable bonds is 8. The summed E-state index contributed by atoms with van der Waals surface area (Å²) in [4.78, 5) is 19.3. The summed E-state index contributed by atoms with van der Waals surface area (Å²) in [6.07, 6.45) is 6.48. The number of ether oxygens (including phenoxy) is 2. The van der Waals surface area contributed by atoms with Crippen molar-refractivity contribution in [3.8, 4) is 17.1 Å². The van der Waals surface area contributed by atoms with E-state index in [9.17, 15) is 4.79 Å². The van der Waals surface area contributed by atoms with E-state index in [0.29, 0.717) is 29.7 Å². The van der Waals surface area contributed by atoms with Gasteiger partial charge in [0, 0.05) is 32.4 Å². The molecule has 3 N–H and O–H groups in total. The molecule has 0 atom stereocenters. The van der Waals surface area contributed by atoms with Crippen LogP contribution in [0.5, 0.6) is 5.88 Å². The number of nitrogens with two attached hydrogens (primary N) is 1. The second-order valence-electron chi connectivity index (χ2n) is 10.4. The van der Waals surface area contributed by atoms with Gasteiger partial charge >= 0.3 is 5.97 Å². The molecule has 2 saturated heterocycles. The van der Waals surface area contributed by atoms with Crippen molar-refractivity contribution in [2.75, 3.05) is 44.4 Å². The topological polar surface area (TPSA) is 108 Å². The van der Waals surface area contributed by atoms with Crippen LogP contribution in [-0.2, 0) is 11.8 Å². The van der Waals surface area contributed by atoms with Gasteiger partial charge in [-0.05, 0) is 62.8 Å². The predicted octanol–water partition coefficient (Wildman–Crippen LogP) is 3.89. The number of hydrogen-bond acceptors (Lipinski definition) is 8. The van der Waals surface area contributed by atoms with Gasteiger partial charge in [0.2, 0.25) is 5.88 Å². The van der Waals surface area contributed by atoms with E-state index in [1.165, 1.54) is 20.0 Å². The molecule has 9 nitrogen and oxygen atoms in total. The zero-order valence-electron chi connectivity index (χ0n) is 21.9. The number of fused-ring (bicyclic) bond motifs is 4.